The molecule has 0 spiro atoms. The van der Waals surface area contributed by atoms with E-state index >= 15 is 0 Å². The molecule has 0 saturated heterocycles. The molecule has 0 radical (unpaired) electrons. The van der Waals surface area contributed by atoms with Gasteiger partial charge in [0.2, 0.25) is 0 Å². The lowest BCUT2D eigenvalue weighted by atomic mass is 10.1. The maximum Gasteiger partial charge on any atom is 0.121 e. The monoisotopic (exact) mass is 297 g/mol. The maximum absolute atomic E-state index is 5.79. The molecule has 0 aliphatic rings. The van der Waals surface area contributed by atoms with Gasteiger partial charge in [-0.05, 0) is 42.9 Å². The van der Waals surface area contributed by atoms with Crippen molar-refractivity contribution in [2.24, 2.45) is 5.92 Å². The van der Waals surface area contributed by atoms with E-state index in [1.807, 2.05) is 12.1 Å². The van der Waals surface area contributed by atoms with E-state index in [9.17, 15) is 0 Å². The van der Waals surface area contributed by atoms with Gasteiger partial charge in [-0.25, -0.2) is 0 Å². The first-order valence-corrected chi connectivity index (χ1v) is 8.24. The summed E-state index contributed by atoms with van der Waals surface area (Å²) in [6.45, 7) is 6.20. The predicted octanol–water partition coefficient (Wildman–Crippen LogP) is 5.16. The third kappa shape index (κ3) is 6.21. The summed E-state index contributed by atoms with van der Waals surface area (Å²) in [5.41, 5.74) is 2.53. The fourth-order valence-electron chi connectivity index (χ4n) is 2.28. The molecule has 2 aromatic rings. The van der Waals surface area contributed by atoms with Gasteiger partial charge in [-0.1, -0.05) is 50.2 Å². The van der Waals surface area contributed by atoms with Crippen LogP contribution >= 0.6 is 0 Å². The predicted molar refractivity (Wildman–Crippen MR) is 94.6 cm³/mol. The fourth-order valence-corrected chi connectivity index (χ4v) is 2.28. The molecule has 2 rings (SSSR count). The highest BCUT2D eigenvalue weighted by Crippen LogP contribution is 2.18. The van der Waals surface area contributed by atoms with Crippen LogP contribution < -0.4 is 10.1 Å². The van der Waals surface area contributed by atoms with E-state index in [2.05, 4.69) is 61.6 Å². The Bertz CT molecular complexity index is 536. The largest absolute Gasteiger partial charge is 0.494 e. The Morgan fingerprint density at radius 3 is 2.59 bits per heavy atom. The molecule has 0 amide bonds. The van der Waals surface area contributed by atoms with Crippen molar-refractivity contribution in [2.75, 3.05) is 18.5 Å². The van der Waals surface area contributed by atoms with E-state index in [0.29, 0.717) is 5.92 Å². The molecule has 0 bridgehead atoms. The average Bonchev–Trinajstić information content (AvgIpc) is 2.53. The molecule has 2 aromatic carbocycles. The zero-order chi connectivity index (χ0) is 15.6. The van der Waals surface area contributed by atoms with Gasteiger partial charge in [0, 0.05) is 18.3 Å². The summed E-state index contributed by atoms with van der Waals surface area (Å²) >= 11 is 0. The van der Waals surface area contributed by atoms with E-state index in [-0.39, 0.29) is 0 Å². The van der Waals surface area contributed by atoms with Gasteiger partial charge in [-0.3, -0.25) is 0 Å². The molecule has 22 heavy (non-hydrogen) atoms. The second-order valence-corrected chi connectivity index (χ2v) is 6.07. The van der Waals surface area contributed by atoms with Crippen molar-refractivity contribution in [3.8, 4) is 5.75 Å². The number of hydrogen-bond donors (Lipinski definition) is 1. The maximum atomic E-state index is 5.79. The molecule has 2 heteroatoms. The van der Waals surface area contributed by atoms with Crippen LogP contribution in [0.1, 0.15) is 32.3 Å². The summed E-state index contributed by atoms with van der Waals surface area (Å²) in [5.74, 6) is 1.63. The van der Waals surface area contributed by atoms with E-state index in [1.165, 1.54) is 5.56 Å². The van der Waals surface area contributed by atoms with Crippen LogP contribution in [-0.4, -0.2) is 13.2 Å². The lowest BCUT2D eigenvalue weighted by Crippen LogP contribution is -2.04. The normalized spacial score (nSPS) is 10.7. The molecule has 1 N–H and O–H groups in total. The first-order valence-electron chi connectivity index (χ1n) is 8.24. The van der Waals surface area contributed by atoms with Crippen LogP contribution in [0.15, 0.2) is 54.6 Å². The van der Waals surface area contributed by atoms with Crippen molar-refractivity contribution < 1.29 is 4.74 Å². The Morgan fingerprint density at radius 1 is 1.00 bits per heavy atom. The van der Waals surface area contributed by atoms with Gasteiger partial charge >= 0.3 is 0 Å². The van der Waals surface area contributed by atoms with Crippen molar-refractivity contribution in [1.29, 1.82) is 0 Å². The van der Waals surface area contributed by atoms with Gasteiger partial charge in [0.1, 0.15) is 5.75 Å². The second kappa shape index (κ2) is 9.14. The van der Waals surface area contributed by atoms with Crippen LogP contribution in [0.4, 0.5) is 5.69 Å². The Labute approximate surface area is 134 Å². The Morgan fingerprint density at radius 2 is 1.82 bits per heavy atom. The van der Waals surface area contributed by atoms with Crippen LogP contribution in [-0.2, 0) is 6.42 Å². The van der Waals surface area contributed by atoms with E-state index < -0.39 is 0 Å². The number of ether oxygens (including phenoxy) is 1. The van der Waals surface area contributed by atoms with Gasteiger partial charge in [-0.2, -0.15) is 0 Å². The molecule has 0 fully saturated rings. The number of anilines is 1. The van der Waals surface area contributed by atoms with Crippen LogP contribution in [0.25, 0.3) is 0 Å². The van der Waals surface area contributed by atoms with E-state index in [0.717, 1.165) is 43.9 Å². The SMILES string of the molecule is CC(C)CCOc1cccc(NCCCc2ccccc2)c1. The van der Waals surface area contributed by atoms with Gasteiger partial charge in [0.25, 0.3) is 0 Å². The van der Waals surface area contributed by atoms with E-state index in [4.69, 9.17) is 4.74 Å². The highest BCUT2D eigenvalue weighted by molar-refractivity contribution is 5.48. The van der Waals surface area contributed by atoms with Crippen molar-refractivity contribution in [1.82, 2.24) is 0 Å². The molecule has 0 aliphatic heterocycles. The topological polar surface area (TPSA) is 21.3 Å². The minimum absolute atomic E-state index is 0.680. The first-order chi connectivity index (χ1) is 10.7. The molecule has 0 aliphatic carbocycles. The number of benzene rings is 2. The molecule has 0 atom stereocenters. The molecular formula is C20H27NO. The highest BCUT2D eigenvalue weighted by atomic mass is 16.5. The molecule has 118 valence electrons. The molecule has 2 nitrogen and oxygen atoms in total. The lowest BCUT2D eigenvalue weighted by Gasteiger charge is -2.11. The molecule has 0 unspecified atom stereocenters. The lowest BCUT2D eigenvalue weighted by molar-refractivity contribution is 0.289. The molecule has 0 saturated carbocycles. The van der Waals surface area contributed by atoms with Crippen LogP contribution in [0.2, 0.25) is 0 Å². The standard InChI is InChI=1S/C20H27NO/c1-17(2)13-15-22-20-12-6-11-19(16-20)21-14-7-10-18-8-4-3-5-9-18/h3-6,8-9,11-12,16-17,21H,7,10,13-15H2,1-2H3. The summed E-state index contributed by atoms with van der Waals surface area (Å²) in [6.07, 6.45) is 3.33. The zero-order valence-corrected chi connectivity index (χ0v) is 13.7. The highest BCUT2D eigenvalue weighted by Gasteiger charge is 1.99. The summed E-state index contributed by atoms with van der Waals surface area (Å²) in [4.78, 5) is 0. The third-order valence-electron chi connectivity index (χ3n) is 3.61. The first kappa shape index (κ1) is 16.4. The third-order valence-corrected chi connectivity index (χ3v) is 3.61. The van der Waals surface area contributed by atoms with Crippen molar-refractivity contribution in [3.05, 3.63) is 60.2 Å². The average molecular weight is 297 g/mol. The summed E-state index contributed by atoms with van der Waals surface area (Å²) in [7, 11) is 0. The second-order valence-electron chi connectivity index (χ2n) is 6.07. The van der Waals surface area contributed by atoms with Crippen molar-refractivity contribution >= 4 is 5.69 Å². The zero-order valence-electron chi connectivity index (χ0n) is 13.7. The van der Waals surface area contributed by atoms with Gasteiger partial charge in [0.15, 0.2) is 0 Å². The summed E-state index contributed by atoms with van der Waals surface area (Å²) < 4.78 is 5.79. The molecule has 0 aromatic heterocycles. The van der Waals surface area contributed by atoms with Gasteiger partial charge in [-0.15, -0.1) is 0 Å². The minimum Gasteiger partial charge on any atom is -0.494 e. The quantitative estimate of drug-likeness (QED) is 0.646. The van der Waals surface area contributed by atoms with Crippen LogP contribution in [0.5, 0.6) is 5.75 Å². The minimum atomic E-state index is 0.680. The summed E-state index contributed by atoms with van der Waals surface area (Å²) in [5, 5.41) is 3.47. The van der Waals surface area contributed by atoms with Gasteiger partial charge < -0.3 is 10.1 Å². The number of aryl methyl sites for hydroxylation is 1. The molecule has 0 heterocycles. The number of nitrogens with one attached hydrogen (secondary N) is 1. The van der Waals surface area contributed by atoms with Crippen molar-refractivity contribution in [3.63, 3.8) is 0 Å². The van der Waals surface area contributed by atoms with Gasteiger partial charge in [0.05, 0.1) is 6.61 Å². The van der Waals surface area contributed by atoms with Crippen molar-refractivity contribution in [2.45, 2.75) is 33.1 Å². The van der Waals surface area contributed by atoms with E-state index in [1.54, 1.807) is 0 Å². The Kier molecular flexibility index (Phi) is 6.82. The summed E-state index contributed by atoms with van der Waals surface area (Å²) in [6, 6.07) is 18.9. The van der Waals surface area contributed by atoms with Crippen LogP contribution in [0.3, 0.4) is 0 Å². The molecular weight excluding hydrogens is 270 g/mol. The smallest absolute Gasteiger partial charge is 0.121 e. The Hall–Kier alpha value is -1.96. The number of rotatable bonds is 9. The Balaban J connectivity index is 1.71. The number of hydrogen-bond acceptors (Lipinski definition) is 2. The van der Waals surface area contributed by atoms with Crippen LogP contribution in [0, 0.1) is 5.92 Å². The fraction of sp³-hybridized carbons (Fsp3) is 0.400.